The standard InChI is InChI=1S/C10H14N2O3/c1-3-8(10(14)15)12-9(13)7-5-11-4-6(7)2/h4-5,8,11H,3H2,1-2H3,(H,12,13)(H,14,15). The molecule has 0 fully saturated rings. The van der Waals surface area contributed by atoms with Crippen LogP contribution >= 0.6 is 0 Å². The lowest BCUT2D eigenvalue weighted by molar-refractivity contribution is -0.139. The molecule has 0 aliphatic heterocycles. The molecule has 1 atom stereocenters. The van der Waals surface area contributed by atoms with E-state index in [9.17, 15) is 9.59 Å². The van der Waals surface area contributed by atoms with Crippen LogP contribution in [0.1, 0.15) is 29.3 Å². The SMILES string of the molecule is CCC(NC(=O)c1c[nH]cc1C)C(=O)O. The smallest absolute Gasteiger partial charge is 0.326 e. The van der Waals surface area contributed by atoms with Gasteiger partial charge in [0.15, 0.2) is 0 Å². The molecule has 1 amide bonds. The maximum absolute atomic E-state index is 11.6. The number of aliphatic carboxylic acids is 1. The molecule has 1 rings (SSSR count). The zero-order valence-corrected chi connectivity index (χ0v) is 8.70. The van der Waals surface area contributed by atoms with E-state index in [-0.39, 0.29) is 5.91 Å². The molecule has 0 aliphatic rings. The fraction of sp³-hybridized carbons (Fsp3) is 0.400. The van der Waals surface area contributed by atoms with E-state index in [1.54, 1.807) is 26.2 Å². The number of aryl methyl sites for hydroxylation is 1. The van der Waals surface area contributed by atoms with Gasteiger partial charge in [-0.05, 0) is 18.9 Å². The van der Waals surface area contributed by atoms with Crippen LogP contribution in [-0.4, -0.2) is 28.0 Å². The number of hydrogen-bond acceptors (Lipinski definition) is 2. The fourth-order valence-electron chi connectivity index (χ4n) is 1.26. The van der Waals surface area contributed by atoms with E-state index in [0.29, 0.717) is 12.0 Å². The fourth-order valence-corrected chi connectivity index (χ4v) is 1.26. The van der Waals surface area contributed by atoms with Crippen molar-refractivity contribution in [3.8, 4) is 0 Å². The second-order valence-electron chi connectivity index (χ2n) is 3.32. The molecule has 1 aromatic rings. The van der Waals surface area contributed by atoms with Crippen LogP contribution in [0.2, 0.25) is 0 Å². The Morgan fingerprint density at radius 2 is 2.20 bits per heavy atom. The summed E-state index contributed by atoms with van der Waals surface area (Å²) >= 11 is 0. The number of nitrogens with one attached hydrogen (secondary N) is 2. The second-order valence-corrected chi connectivity index (χ2v) is 3.32. The van der Waals surface area contributed by atoms with Gasteiger partial charge in [0.2, 0.25) is 0 Å². The van der Waals surface area contributed by atoms with E-state index in [0.717, 1.165) is 5.56 Å². The number of rotatable bonds is 4. The normalized spacial score (nSPS) is 12.1. The highest BCUT2D eigenvalue weighted by Crippen LogP contribution is 2.06. The summed E-state index contributed by atoms with van der Waals surface area (Å²) in [4.78, 5) is 25.1. The van der Waals surface area contributed by atoms with E-state index in [1.165, 1.54) is 0 Å². The molecule has 1 aromatic heterocycles. The van der Waals surface area contributed by atoms with Crippen molar-refractivity contribution in [1.29, 1.82) is 0 Å². The summed E-state index contributed by atoms with van der Waals surface area (Å²) in [5, 5.41) is 11.2. The minimum atomic E-state index is -1.01. The summed E-state index contributed by atoms with van der Waals surface area (Å²) in [6, 6.07) is -0.827. The summed E-state index contributed by atoms with van der Waals surface area (Å²) in [7, 11) is 0. The number of aromatic amines is 1. The Kier molecular flexibility index (Phi) is 3.49. The average Bonchev–Trinajstić information content (AvgIpc) is 2.60. The molecule has 0 aliphatic carbocycles. The van der Waals surface area contributed by atoms with Gasteiger partial charge >= 0.3 is 5.97 Å². The highest BCUT2D eigenvalue weighted by Gasteiger charge is 2.19. The number of carboxylic acid groups (broad SMARTS) is 1. The van der Waals surface area contributed by atoms with Gasteiger partial charge in [0.1, 0.15) is 6.04 Å². The van der Waals surface area contributed by atoms with E-state index < -0.39 is 12.0 Å². The van der Waals surface area contributed by atoms with Crippen molar-refractivity contribution in [1.82, 2.24) is 10.3 Å². The molecule has 0 spiro atoms. The number of H-pyrrole nitrogens is 1. The molecule has 0 radical (unpaired) electrons. The van der Waals surface area contributed by atoms with E-state index in [1.807, 2.05) is 0 Å². The van der Waals surface area contributed by atoms with Gasteiger partial charge in [-0.2, -0.15) is 0 Å². The maximum atomic E-state index is 11.6. The lowest BCUT2D eigenvalue weighted by Gasteiger charge is -2.11. The summed E-state index contributed by atoms with van der Waals surface area (Å²) in [5.74, 6) is -1.37. The number of amides is 1. The van der Waals surface area contributed by atoms with Crippen LogP contribution in [-0.2, 0) is 4.79 Å². The van der Waals surface area contributed by atoms with Crippen molar-refractivity contribution in [2.45, 2.75) is 26.3 Å². The quantitative estimate of drug-likeness (QED) is 0.691. The Bertz CT molecular complexity index is 370. The predicted molar refractivity (Wildman–Crippen MR) is 54.7 cm³/mol. The van der Waals surface area contributed by atoms with Gasteiger partial charge in [-0.15, -0.1) is 0 Å². The van der Waals surface area contributed by atoms with E-state index >= 15 is 0 Å². The van der Waals surface area contributed by atoms with Crippen molar-refractivity contribution >= 4 is 11.9 Å². The highest BCUT2D eigenvalue weighted by molar-refractivity contribution is 5.97. The third-order valence-corrected chi connectivity index (χ3v) is 2.21. The van der Waals surface area contributed by atoms with Gasteiger partial charge in [-0.3, -0.25) is 4.79 Å². The molecule has 1 heterocycles. The lowest BCUT2D eigenvalue weighted by Crippen LogP contribution is -2.40. The van der Waals surface area contributed by atoms with Crippen molar-refractivity contribution in [2.24, 2.45) is 0 Å². The number of hydrogen-bond donors (Lipinski definition) is 3. The number of carboxylic acids is 1. The predicted octanol–water partition coefficient (Wildman–Crippen LogP) is 0.916. The Labute approximate surface area is 87.5 Å². The Balaban J connectivity index is 2.71. The summed E-state index contributed by atoms with van der Waals surface area (Å²) in [5.41, 5.74) is 1.28. The molecule has 0 bridgehead atoms. The van der Waals surface area contributed by atoms with Crippen LogP contribution in [0.5, 0.6) is 0 Å². The van der Waals surface area contributed by atoms with E-state index in [2.05, 4.69) is 10.3 Å². The third-order valence-electron chi connectivity index (χ3n) is 2.21. The van der Waals surface area contributed by atoms with Crippen LogP contribution < -0.4 is 5.32 Å². The van der Waals surface area contributed by atoms with Crippen LogP contribution in [0.3, 0.4) is 0 Å². The van der Waals surface area contributed by atoms with Gasteiger partial charge in [0.05, 0.1) is 5.56 Å². The zero-order chi connectivity index (χ0) is 11.4. The topological polar surface area (TPSA) is 82.2 Å². The van der Waals surface area contributed by atoms with Crippen molar-refractivity contribution in [3.63, 3.8) is 0 Å². The molecule has 0 saturated carbocycles. The Hall–Kier alpha value is -1.78. The number of aromatic nitrogens is 1. The molecular weight excluding hydrogens is 196 g/mol. The molecule has 3 N–H and O–H groups in total. The zero-order valence-electron chi connectivity index (χ0n) is 8.70. The van der Waals surface area contributed by atoms with Gasteiger partial charge < -0.3 is 15.4 Å². The van der Waals surface area contributed by atoms with Crippen molar-refractivity contribution in [3.05, 3.63) is 23.5 Å². The maximum Gasteiger partial charge on any atom is 0.326 e. The largest absolute Gasteiger partial charge is 0.480 e. The van der Waals surface area contributed by atoms with Crippen molar-refractivity contribution < 1.29 is 14.7 Å². The molecule has 15 heavy (non-hydrogen) atoms. The average molecular weight is 210 g/mol. The first-order valence-electron chi connectivity index (χ1n) is 4.73. The van der Waals surface area contributed by atoms with Crippen LogP contribution in [0.25, 0.3) is 0 Å². The summed E-state index contributed by atoms with van der Waals surface area (Å²) in [6.07, 6.45) is 3.61. The van der Waals surface area contributed by atoms with Gasteiger partial charge in [0.25, 0.3) is 5.91 Å². The third kappa shape index (κ3) is 2.59. The molecule has 82 valence electrons. The highest BCUT2D eigenvalue weighted by atomic mass is 16.4. The monoisotopic (exact) mass is 210 g/mol. The van der Waals surface area contributed by atoms with E-state index in [4.69, 9.17) is 5.11 Å². The lowest BCUT2D eigenvalue weighted by atomic mass is 10.1. The molecular formula is C10H14N2O3. The molecule has 0 aromatic carbocycles. The van der Waals surface area contributed by atoms with Crippen molar-refractivity contribution in [2.75, 3.05) is 0 Å². The second kappa shape index (κ2) is 4.63. The molecule has 5 heteroatoms. The summed E-state index contributed by atoms with van der Waals surface area (Å²) < 4.78 is 0. The molecule has 5 nitrogen and oxygen atoms in total. The number of carbonyl (C=O) groups excluding carboxylic acids is 1. The molecule has 1 unspecified atom stereocenters. The Morgan fingerprint density at radius 1 is 1.53 bits per heavy atom. The molecule has 0 saturated heterocycles. The first-order valence-corrected chi connectivity index (χ1v) is 4.73. The number of carbonyl (C=O) groups is 2. The summed E-state index contributed by atoms with van der Waals surface area (Å²) in [6.45, 7) is 3.50. The van der Waals surface area contributed by atoms with Crippen LogP contribution in [0.15, 0.2) is 12.4 Å². The van der Waals surface area contributed by atoms with Crippen LogP contribution in [0.4, 0.5) is 0 Å². The van der Waals surface area contributed by atoms with Gasteiger partial charge in [-0.1, -0.05) is 6.92 Å². The van der Waals surface area contributed by atoms with Gasteiger partial charge in [-0.25, -0.2) is 4.79 Å². The minimum absolute atomic E-state index is 0.358. The minimum Gasteiger partial charge on any atom is -0.480 e. The first-order chi connectivity index (χ1) is 7.06. The van der Waals surface area contributed by atoms with Gasteiger partial charge in [0, 0.05) is 12.4 Å². The van der Waals surface area contributed by atoms with Crippen LogP contribution in [0, 0.1) is 6.92 Å². The first kappa shape index (κ1) is 11.3. The Morgan fingerprint density at radius 3 is 2.60 bits per heavy atom.